The molecule has 1 aliphatic heterocycles. The third-order valence-corrected chi connectivity index (χ3v) is 7.63. The molecule has 4 N–H and O–H groups in total. The summed E-state index contributed by atoms with van der Waals surface area (Å²) in [5, 5.41) is 35.3. The predicted octanol–water partition coefficient (Wildman–Crippen LogP) is 2.66. The third-order valence-electron chi connectivity index (χ3n) is 7.63. The minimum atomic E-state index is -0.707. The zero-order valence-corrected chi connectivity index (χ0v) is 15.2. The van der Waals surface area contributed by atoms with Crippen LogP contribution in [-0.2, 0) is 16.6 Å². The van der Waals surface area contributed by atoms with Gasteiger partial charge in [-0.2, -0.15) is 0 Å². The number of fused-ring (bicyclic) bond motifs is 1. The highest BCUT2D eigenvalue weighted by atomic mass is 16.3. The lowest BCUT2D eigenvalue weighted by molar-refractivity contribution is -0.138. The lowest BCUT2D eigenvalue weighted by Crippen LogP contribution is -2.64. The van der Waals surface area contributed by atoms with Crippen molar-refractivity contribution in [3.63, 3.8) is 0 Å². The van der Waals surface area contributed by atoms with E-state index in [4.69, 9.17) is 0 Å². The fraction of sp³-hybridized carbons (Fsp3) is 0.667. The molecule has 3 fully saturated rings. The maximum Gasteiger partial charge on any atom is 0.164 e. The predicted molar refractivity (Wildman–Crippen MR) is 96.5 cm³/mol. The maximum absolute atomic E-state index is 13.8. The molecule has 2 bridgehead atoms. The van der Waals surface area contributed by atoms with Gasteiger partial charge in [-0.25, -0.2) is 0 Å². The van der Waals surface area contributed by atoms with Gasteiger partial charge in [0.1, 0.15) is 11.5 Å². The summed E-state index contributed by atoms with van der Waals surface area (Å²) in [5.74, 6) is 0.806. The summed E-state index contributed by atoms with van der Waals surface area (Å²) in [7, 11) is 0. The molecule has 5 nitrogen and oxygen atoms in total. The number of ketones is 1. The van der Waals surface area contributed by atoms with Gasteiger partial charge in [0, 0.05) is 28.7 Å². The smallest absolute Gasteiger partial charge is 0.164 e. The van der Waals surface area contributed by atoms with E-state index in [9.17, 15) is 20.1 Å². The van der Waals surface area contributed by atoms with Crippen LogP contribution < -0.4 is 5.32 Å². The van der Waals surface area contributed by atoms with E-state index in [1.165, 1.54) is 12.8 Å². The number of aromatic hydroxyl groups is 3. The Balaban J connectivity index is 1.72. The largest absolute Gasteiger partial charge is 0.507 e. The first kappa shape index (κ1) is 16.4. The molecule has 5 rings (SSSR count). The molecular formula is C21H27NO4. The van der Waals surface area contributed by atoms with E-state index in [0.717, 1.165) is 25.8 Å². The van der Waals surface area contributed by atoms with Crippen molar-refractivity contribution in [2.45, 2.75) is 63.3 Å². The van der Waals surface area contributed by atoms with E-state index in [1.807, 2.05) is 0 Å². The van der Waals surface area contributed by atoms with Gasteiger partial charge < -0.3 is 20.6 Å². The van der Waals surface area contributed by atoms with Crippen molar-refractivity contribution >= 4 is 5.78 Å². The molecule has 1 saturated heterocycles. The zero-order valence-electron chi connectivity index (χ0n) is 15.2. The summed E-state index contributed by atoms with van der Waals surface area (Å²) in [6.45, 7) is 2.36. The normalized spacial score (nSPS) is 35.7. The van der Waals surface area contributed by atoms with Crippen LogP contribution in [0.2, 0.25) is 0 Å². The van der Waals surface area contributed by atoms with Crippen LogP contribution in [0, 0.1) is 24.7 Å². The number of phenols is 3. The number of phenolic OH excluding ortho intramolecular Hbond substituents is 3. The summed E-state index contributed by atoms with van der Waals surface area (Å²) >= 11 is 0. The number of carbonyl (C=O) groups is 1. The number of rotatable bonds is 2. The number of hydrogen-bond donors (Lipinski definition) is 4. The minimum Gasteiger partial charge on any atom is -0.507 e. The zero-order chi connectivity index (χ0) is 18.2. The quantitative estimate of drug-likeness (QED) is 0.483. The van der Waals surface area contributed by atoms with E-state index in [1.54, 1.807) is 6.92 Å². The van der Waals surface area contributed by atoms with Crippen LogP contribution in [0.4, 0.5) is 0 Å². The Morgan fingerprint density at radius 1 is 1.08 bits per heavy atom. The van der Waals surface area contributed by atoms with E-state index >= 15 is 0 Å². The van der Waals surface area contributed by atoms with Gasteiger partial charge in [0.25, 0.3) is 0 Å². The Morgan fingerprint density at radius 3 is 2.58 bits per heavy atom. The number of piperidine rings is 1. The van der Waals surface area contributed by atoms with Crippen molar-refractivity contribution in [3.8, 4) is 17.2 Å². The molecule has 1 aromatic carbocycles. The summed E-state index contributed by atoms with van der Waals surface area (Å²) in [5.41, 5.74) is 0.767. The summed E-state index contributed by atoms with van der Waals surface area (Å²) < 4.78 is 0. The Bertz CT molecular complexity index is 800. The second-order valence-corrected chi connectivity index (χ2v) is 8.93. The van der Waals surface area contributed by atoms with Crippen molar-refractivity contribution in [1.82, 2.24) is 5.32 Å². The van der Waals surface area contributed by atoms with Gasteiger partial charge in [0.15, 0.2) is 11.5 Å². The number of nitrogens with one attached hydrogen (secondary N) is 1. The molecule has 1 heterocycles. The van der Waals surface area contributed by atoms with Crippen LogP contribution >= 0.6 is 0 Å². The van der Waals surface area contributed by atoms with Crippen molar-refractivity contribution in [2.75, 3.05) is 6.54 Å². The molecule has 4 atom stereocenters. The summed E-state index contributed by atoms with van der Waals surface area (Å²) in [6, 6.07) is 0.120. The van der Waals surface area contributed by atoms with Crippen molar-refractivity contribution in [3.05, 3.63) is 16.7 Å². The monoisotopic (exact) mass is 357 g/mol. The SMILES string of the molecule is Cc1c(O)c(O)c2c(c1O)[C@]13CCN[C@H](C2)[C@@H]1CCC(CC1CC1)C3=O. The lowest BCUT2D eigenvalue weighted by atomic mass is 9.49. The first-order chi connectivity index (χ1) is 12.4. The van der Waals surface area contributed by atoms with Gasteiger partial charge in [-0.05, 0) is 57.4 Å². The Kier molecular flexibility index (Phi) is 3.40. The summed E-state index contributed by atoms with van der Waals surface area (Å²) in [4.78, 5) is 13.8. The van der Waals surface area contributed by atoms with Crippen LogP contribution in [-0.4, -0.2) is 33.7 Å². The van der Waals surface area contributed by atoms with Gasteiger partial charge in [0.2, 0.25) is 0 Å². The first-order valence-electron chi connectivity index (χ1n) is 9.99. The summed E-state index contributed by atoms with van der Waals surface area (Å²) in [6.07, 6.45) is 6.60. The number of Topliss-reactive ketones (excluding diaryl/α,β-unsaturated/α-hetero) is 1. The van der Waals surface area contributed by atoms with Crippen molar-refractivity contribution < 1.29 is 20.1 Å². The van der Waals surface area contributed by atoms with Crippen LogP contribution in [0.25, 0.3) is 0 Å². The molecule has 0 radical (unpaired) electrons. The molecule has 3 aliphatic carbocycles. The molecule has 5 heteroatoms. The molecule has 0 spiro atoms. The Labute approximate surface area is 153 Å². The van der Waals surface area contributed by atoms with Crippen LogP contribution in [0.1, 0.15) is 55.2 Å². The molecule has 26 heavy (non-hydrogen) atoms. The fourth-order valence-corrected chi connectivity index (χ4v) is 6.16. The Morgan fingerprint density at radius 2 is 1.85 bits per heavy atom. The van der Waals surface area contributed by atoms with Crippen LogP contribution in [0.15, 0.2) is 0 Å². The van der Waals surface area contributed by atoms with E-state index < -0.39 is 5.41 Å². The average Bonchev–Trinajstić information content (AvgIpc) is 3.44. The molecule has 1 aromatic rings. The molecule has 0 amide bonds. The molecule has 140 valence electrons. The van der Waals surface area contributed by atoms with E-state index in [0.29, 0.717) is 29.9 Å². The molecular weight excluding hydrogens is 330 g/mol. The second-order valence-electron chi connectivity index (χ2n) is 8.93. The third kappa shape index (κ3) is 1.98. The number of carbonyl (C=O) groups excluding carboxylic acids is 1. The lowest BCUT2D eigenvalue weighted by Gasteiger charge is -2.56. The van der Waals surface area contributed by atoms with Crippen LogP contribution in [0.3, 0.4) is 0 Å². The Hall–Kier alpha value is -1.75. The fourth-order valence-electron chi connectivity index (χ4n) is 6.16. The average molecular weight is 357 g/mol. The molecule has 2 saturated carbocycles. The highest BCUT2D eigenvalue weighted by Gasteiger charge is 2.60. The molecule has 0 aromatic heterocycles. The highest BCUT2D eigenvalue weighted by molar-refractivity contribution is 5.96. The van der Waals surface area contributed by atoms with Gasteiger partial charge in [0.05, 0.1) is 5.41 Å². The van der Waals surface area contributed by atoms with Crippen molar-refractivity contribution in [2.24, 2.45) is 17.8 Å². The minimum absolute atomic E-state index is 0.0149. The first-order valence-corrected chi connectivity index (χ1v) is 9.99. The van der Waals surface area contributed by atoms with Crippen LogP contribution in [0.5, 0.6) is 17.2 Å². The van der Waals surface area contributed by atoms with Crippen molar-refractivity contribution in [1.29, 1.82) is 0 Å². The maximum atomic E-state index is 13.8. The highest BCUT2D eigenvalue weighted by Crippen LogP contribution is 2.60. The number of hydrogen-bond acceptors (Lipinski definition) is 5. The van der Waals surface area contributed by atoms with Gasteiger partial charge in [-0.1, -0.05) is 12.8 Å². The van der Waals surface area contributed by atoms with E-state index in [-0.39, 0.29) is 46.5 Å². The standard InChI is InChI=1S/C21H27NO4/c1-10-17(23)16-13(19(25)18(10)24)9-15-14-5-4-12(8-11-2-3-11)20(26)21(14,16)6-7-22-15/h11-12,14-15,22-25H,2-9H2,1H3/t12?,14-,15+,21-/m0/s1. The van der Waals surface area contributed by atoms with Gasteiger partial charge in [-0.15, -0.1) is 0 Å². The number of benzene rings is 1. The van der Waals surface area contributed by atoms with Gasteiger partial charge in [-0.3, -0.25) is 4.79 Å². The topological polar surface area (TPSA) is 89.8 Å². The van der Waals surface area contributed by atoms with E-state index in [2.05, 4.69) is 5.32 Å². The van der Waals surface area contributed by atoms with Gasteiger partial charge >= 0.3 is 0 Å². The second kappa shape index (κ2) is 5.38. The molecule has 1 unspecified atom stereocenters. The molecule has 4 aliphatic rings.